The van der Waals surface area contributed by atoms with Crippen LogP contribution in [0.3, 0.4) is 0 Å². The molecule has 0 radical (unpaired) electrons. The van der Waals surface area contributed by atoms with Gasteiger partial charge in [-0.3, -0.25) is 9.59 Å². The number of anilines is 1. The van der Waals surface area contributed by atoms with Gasteiger partial charge in [-0.15, -0.1) is 22.6 Å². The maximum absolute atomic E-state index is 12.2. The van der Waals surface area contributed by atoms with Crippen molar-refractivity contribution in [2.45, 2.75) is 55.5 Å². The van der Waals surface area contributed by atoms with E-state index in [4.69, 9.17) is 4.74 Å². The number of fused-ring (bicyclic) bond motifs is 2. The average molecular weight is 407 g/mol. The second kappa shape index (κ2) is 9.70. The summed E-state index contributed by atoms with van der Waals surface area (Å²) >= 11 is 2.56. The van der Waals surface area contributed by atoms with Gasteiger partial charge in [0.1, 0.15) is 0 Å². The molecule has 0 aliphatic carbocycles. The number of ether oxygens (including phenoxy) is 1. The summed E-state index contributed by atoms with van der Waals surface area (Å²) in [4.78, 5) is 23.5. The van der Waals surface area contributed by atoms with Gasteiger partial charge in [-0.05, 0) is 38.5 Å². The Kier molecular flexibility index (Phi) is 7.92. The van der Waals surface area contributed by atoms with Crippen LogP contribution in [0.4, 0.5) is 5.13 Å². The Hall–Kier alpha value is -0.900. The Morgan fingerprint density at radius 3 is 2.72 bits per heavy atom. The highest BCUT2D eigenvalue weighted by Crippen LogP contribution is 2.33. The number of hydrogen-bond donors (Lipinski definition) is 2. The van der Waals surface area contributed by atoms with Crippen molar-refractivity contribution < 1.29 is 14.3 Å². The number of carbonyl (C=O) groups is 2. The summed E-state index contributed by atoms with van der Waals surface area (Å²) < 4.78 is 5.51. The van der Waals surface area contributed by atoms with Crippen LogP contribution < -0.4 is 10.6 Å². The van der Waals surface area contributed by atoms with Crippen LogP contribution in [0.1, 0.15) is 39.0 Å². The first-order valence-corrected chi connectivity index (χ1v) is 10.1. The van der Waals surface area contributed by atoms with Gasteiger partial charge in [0.2, 0.25) is 11.0 Å². The fourth-order valence-corrected chi connectivity index (χ4v) is 4.98. The summed E-state index contributed by atoms with van der Waals surface area (Å²) in [5, 5.41) is 14.9. The van der Waals surface area contributed by atoms with Crippen LogP contribution >= 0.6 is 35.5 Å². The van der Waals surface area contributed by atoms with E-state index in [0.29, 0.717) is 40.5 Å². The van der Waals surface area contributed by atoms with Crippen molar-refractivity contribution in [3.8, 4) is 0 Å². The Morgan fingerprint density at radius 1 is 1.32 bits per heavy atom. The van der Waals surface area contributed by atoms with Gasteiger partial charge in [0, 0.05) is 18.5 Å². The number of rotatable bonds is 7. The third-order valence-corrected chi connectivity index (χ3v) is 6.26. The molecule has 0 aromatic carbocycles. The lowest BCUT2D eigenvalue weighted by Gasteiger charge is -2.28. The van der Waals surface area contributed by atoms with E-state index in [1.807, 2.05) is 0 Å². The predicted molar refractivity (Wildman–Crippen MR) is 100 cm³/mol. The van der Waals surface area contributed by atoms with E-state index >= 15 is 0 Å². The van der Waals surface area contributed by atoms with Crippen molar-refractivity contribution in [1.29, 1.82) is 0 Å². The largest absolute Gasteiger partial charge is 0.465 e. The van der Waals surface area contributed by atoms with Crippen molar-refractivity contribution in [3.05, 3.63) is 0 Å². The van der Waals surface area contributed by atoms with Gasteiger partial charge in [0.05, 0.1) is 12.4 Å². The number of esters is 1. The number of nitrogens with one attached hydrogen (secondary N) is 2. The number of halogens is 1. The van der Waals surface area contributed by atoms with E-state index in [2.05, 4.69) is 20.8 Å². The zero-order valence-electron chi connectivity index (χ0n) is 14.0. The first-order chi connectivity index (χ1) is 11.6. The topological polar surface area (TPSA) is 93.2 Å². The molecule has 7 nitrogen and oxygen atoms in total. The minimum absolute atomic E-state index is 0. The van der Waals surface area contributed by atoms with Crippen LogP contribution in [-0.4, -0.2) is 46.5 Å². The molecule has 0 saturated carbocycles. The van der Waals surface area contributed by atoms with Gasteiger partial charge in [0.15, 0.2) is 4.34 Å². The fraction of sp³-hybridized carbons (Fsp3) is 0.733. The van der Waals surface area contributed by atoms with Crippen LogP contribution in [0.2, 0.25) is 0 Å². The fourth-order valence-electron chi connectivity index (χ4n) is 3.42. The highest BCUT2D eigenvalue weighted by atomic mass is 35.5. The molecule has 2 aliphatic rings. The molecular formula is C15H23ClN4O3S2. The quantitative estimate of drug-likeness (QED) is 0.408. The monoisotopic (exact) mass is 406 g/mol. The molecule has 2 unspecified atom stereocenters. The molecule has 2 atom stereocenters. The van der Waals surface area contributed by atoms with E-state index in [-0.39, 0.29) is 30.0 Å². The number of amides is 1. The van der Waals surface area contributed by atoms with Gasteiger partial charge < -0.3 is 15.4 Å². The van der Waals surface area contributed by atoms with Gasteiger partial charge in [0.25, 0.3) is 0 Å². The summed E-state index contributed by atoms with van der Waals surface area (Å²) in [7, 11) is 0. The molecule has 1 aromatic rings. The Morgan fingerprint density at radius 2 is 2.04 bits per heavy atom. The summed E-state index contributed by atoms with van der Waals surface area (Å²) in [6.45, 7) is 2.14. The van der Waals surface area contributed by atoms with E-state index in [9.17, 15) is 9.59 Å². The maximum atomic E-state index is 12.2. The number of nitrogens with zero attached hydrogens (tertiary/aromatic N) is 2. The molecule has 3 heterocycles. The van der Waals surface area contributed by atoms with Crippen molar-refractivity contribution in [2.24, 2.45) is 5.92 Å². The van der Waals surface area contributed by atoms with E-state index < -0.39 is 0 Å². The number of thioether (sulfide) groups is 1. The molecule has 140 valence electrons. The Labute approximate surface area is 161 Å². The van der Waals surface area contributed by atoms with Crippen LogP contribution in [0.25, 0.3) is 0 Å². The van der Waals surface area contributed by atoms with Crippen molar-refractivity contribution in [1.82, 2.24) is 15.5 Å². The lowest BCUT2D eigenvalue weighted by atomic mass is 9.89. The Bertz CT molecular complexity index is 589. The zero-order valence-corrected chi connectivity index (χ0v) is 16.5. The highest BCUT2D eigenvalue weighted by Gasteiger charge is 2.34. The molecule has 1 amide bonds. The van der Waals surface area contributed by atoms with Crippen LogP contribution in [0.15, 0.2) is 4.34 Å². The maximum Gasteiger partial charge on any atom is 0.316 e. The normalized spacial score (nSPS) is 24.4. The Balaban J connectivity index is 0.00000225. The molecule has 2 saturated heterocycles. The SMILES string of the molecule is CCOC(=O)CSc1nnc(NC(=O)CC2CC3CCC(C2)N3)s1.Cl. The lowest BCUT2D eigenvalue weighted by molar-refractivity contribution is -0.139. The van der Waals surface area contributed by atoms with Crippen LogP contribution in [0.5, 0.6) is 0 Å². The molecule has 2 aliphatic heterocycles. The summed E-state index contributed by atoms with van der Waals surface area (Å²) in [6, 6.07) is 1.18. The molecule has 25 heavy (non-hydrogen) atoms. The standard InChI is InChI=1S/C15H22N4O3S2.ClH/c1-2-22-13(21)8-23-15-19-18-14(24-15)17-12(20)7-9-5-10-3-4-11(6-9)16-10;/h9-11,16H,2-8H2,1H3,(H,17,18,20);1H. The molecule has 2 bridgehead atoms. The average Bonchev–Trinajstić information content (AvgIpc) is 3.12. The van der Waals surface area contributed by atoms with Crippen LogP contribution in [0, 0.1) is 5.92 Å². The summed E-state index contributed by atoms with van der Waals surface area (Å²) in [6.07, 6.45) is 5.18. The van der Waals surface area contributed by atoms with Gasteiger partial charge in [-0.2, -0.15) is 0 Å². The number of hydrogen-bond acceptors (Lipinski definition) is 8. The molecule has 10 heteroatoms. The smallest absolute Gasteiger partial charge is 0.316 e. The van der Waals surface area contributed by atoms with Gasteiger partial charge in [-0.1, -0.05) is 23.1 Å². The molecule has 1 aromatic heterocycles. The molecule has 2 fully saturated rings. The second-order valence-corrected chi connectivity index (χ2v) is 8.39. The lowest BCUT2D eigenvalue weighted by Crippen LogP contribution is -2.39. The van der Waals surface area contributed by atoms with Crippen molar-refractivity contribution in [3.63, 3.8) is 0 Å². The highest BCUT2D eigenvalue weighted by molar-refractivity contribution is 8.01. The van der Waals surface area contributed by atoms with Crippen molar-refractivity contribution in [2.75, 3.05) is 17.7 Å². The van der Waals surface area contributed by atoms with Crippen molar-refractivity contribution >= 4 is 52.5 Å². The first-order valence-electron chi connectivity index (χ1n) is 8.30. The number of aromatic nitrogens is 2. The zero-order chi connectivity index (χ0) is 16.9. The minimum atomic E-state index is -0.274. The number of piperidine rings is 1. The van der Waals surface area contributed by atoms with E-state index in [0.717, 1.165) is 12.8 Å². The van der Waals surface area contributed by atoms with E-state index in [1.165, 1.54) is 35.9 Å². The first kappa shape index (κ1) is 20.4. The summed E-state index contributed by atoms with van der Waals surface area (Å²) in [5.41, 5.74) is 0. The van der Waals surface area contributed by atoms with Gasteiger partial charge >= 0.3 is 5.97 Å². The predicted octanol–water partition coefficient (Wildman–Crippen LogP) is 2.47. The third kappa shape index (κ3) is 6.09. The summed E-state index contributed by atoms with van der Waals surface area (Å²) in [5.74, 6) is 0.381. The number of carbonyl (C=O) groups excluding carboxylic acids is 2. The molecule has 0 spiro atoms. The molecule has 3 rings (SSSR count). The minimum Gasteiger partial charge on any atom is -0.465 e. The van der Waals surface area contributed by atoms with E-state index in [1.54, 1.807) is 6.92 Å². The van der Waals surface area contributed by atoms with Gasteiger partial charge in [-0.25, -0.2) is 0 Å². The second-order valence-electron chi connectivity index (χ2n) is 6.19. The molecule has 2 N–H and O–H groups in total. The third-order valence-electron chi connectivity index (χ3n) is 4.32. The van der Waals surface area contributed by atoms with Crippen LogP contribution in [-0.2, 0) is 14.3 Å². The molecular weight excluding hydrogens is 384 g/mol.